The lowest BCUT2D eigenvalue weighted by molar-refractivity contribution is 0.620. The van der Waals surface area contributed by atoms with Crippen LogP contribution in [-0.4, -0.2) is 9.97 Å². The van der Waals surface area contributed by atoms with E-state index < -0.39 is 0 Å². The number of nitrogens with zero attached hydrogens (tertiary/aromatic N) is 1. The first-order valence-electron chi connectivity index (χ1n) is 4.82. The van der Waals surface area contributed by atoms with E-state index in [1.165, 1.54) is 0 Å². The Labute approximate surface area is 92.1 Å². The van der Waals surface area contributed by atoms with Crippen molar-refractivity contribution in [3.05, 3.63) is 26.3 Å². The van der Waals surface area contributed by atoms with E-state index in [2.05, 4.69) is 39.7 Å². The molecule has 3 nitrogen and oxygen atoms in total. The predicted molar refractivity (Wildman–Crippen MR) is 60.6 cm³/mol. The first-order valence-corrected chi connectivity index (χ1v) is 5.61. The van der Waals surface area contributed by atoms with E-state index in [4.69, 9.17) is 0 Å². The second-order valence-electron chi connectivity index (χ2n) is 3.54. The summed E-state index contributed by atoms with van der Waals surface area (Å²) < 4.78 is 0.532. The summed E-state index contributed by atoms with van der Waals surface area (Å²) in [4.78, 5) is 18.6. The Morgan fingerprint density at radius 2 is 2.21 bits per heavy atom. The van der Waals surface area contributed by atoms with Crippen LogP contribution in [0.5, 0.6) is 0 Å². The van der Waals surface area contributed by atoms with Crippen LogP contribution in [0.15, 0.2) is 9.27 Å². The van der Waals surface area contributed by atoms with Gasteiger partial charge in [0.2, 0.25) is 0 Å². The molecule has 1 N–H and O–H groups in total. The van der Waals surface area contributed by atoms with Crippen LogP contribution in [0.25, 0.3) is 0 Å². The zero-order valence-corrected chi connectivity index (χ0v) is 10.3. The van der Waals surface area contributed by atoms with Gasteiger partial charge in [-0.2, -0.15) is 0 Å². The minimum Gasteiger partial charge on any atom is -0.309 e. The molecule has 0 saturated carbocycles. The second kappa shape index (κ2) is 4.73. The molecule has 0 aliphatic heterocycles. The molecule has 1 aromatic rings. The van der Waals surface area contributed by atoms with E-state index in [0.717, 1.165) is 24.4 Å². The van der Waals surface area contributed by atoms with Crippen molar-refractivity contribution in [3.63, 3.8) is 0 Å². The average molecular weight is 259 g/mol. The van der Waals surface area contributed by atoms with Gasteiger partial charge in [0, 0.05) is 5.92 Å². The maximum Gasteiger partial charge on any atom is 0.265 e. The van der Waals surface area contributed by atoms with Crippen molar-refractivity contribution in [1.82, 2.24) is 9.97 Å². The monoisotopic (exact) mass is 258 g/mol. The molecule has 0 aliphatic carbocycles. The molecule has 1 unspecified atom stereocenters. The Bertz CT molecular complexity index is 373. The summed E-state index contributed by atoms with van der Waals surface area (Å²) in [5.74, 6) is 1.11. The quantitative estimate of drug-likeness (QED) is 0.907. The Kier molecular flexibility index (Phi) is 3.86. The van der Waals surface area contributed by atoms with Crippen LogP contribution >= 0.6 is 15.9 Å². The number of hydrogen-bond acceptors (Lipinski definition) is 2. The minimum atomic E-state index is -0.0875. The van der Waals surface area contributed by atoms with Gasteiger partial charge in [0.05, 0.1) is 5.69 Å². The molecule has 1 heterocycles. The van der Waals surface area contributed by atoms with Crippen molar-refractivity contribution >= 4 is 15.9 Å². The molecule has 0 amide bonds. The number of nitrogens with one attached hydrogen (secondary N) is 1. The normalized spacial score (nSPS) is 12.9. The van der Waals surface area contributed by atoms with Crippen LogP contribution in [0.2, 0.25) is 0 Å². The fraction of sp³-hybridized carbons (Fsp3) is 0.600. The van der Waals surface area contributed by atoms with E-state index in [-0.39, 0.29) is 5.56 Å². The van der Waals surface area contributed by atoms with Crippen molar-refractivity contribution in [2.75, 3.05) is 0 Å². The van der Waals surface area contributed by atoms with Crippen molar-refractivity contribution in [2.24, 2.45) is 0 Å². The third-order valence-corrected chi connectivity index (χ3v) is 3.17. The van der Waals surface area contributed by atoms with Gasteiger partial charge in [-0.3, -0.25) is 4.79 Å². The molecule has 0 aromatic carbocycles. The number of aromatic nitrogens is 2. The smallest absolute Gasteiger partial charge is 0.265 e. The van der Waals surface area contributed by atoms with Crippen molar-refractivity contribution in [1.29, 1.82) is 0 Å². The molecule has 78 valence electrons. The topological polar surface area (TPSA) is 45.8 Å². The zero-order chi connectivity index (χ0) is 10.7. The molecule has 0 radical (unpaired) electrons. The predicted octanol–water partition coefficient (Wildman–Crippen LogP) is 2.74. The SMILES string of the molecule is CCCC(C)c1nc(C)c(Br)c(=O)[nH]1. The van der Waals surface area contributed by atoms with Crippen LogP contribution in [0.4, 0.5) is 0 Å². The summed E-state index contributed by atoms with van der Waals surface area (Å²) in [5.41, 5.74) is 0.669. The van der Waals surface area contributed by atoms with E-state index in [0.29, 0.717) is 10.4 Å². The molecular formula is C10H15BrN2O. The van der Waals surface area contributed by atoms with Crippen LogP contribution < -0.4 is 5.56 Å². The number of aryl methyl sites for hydroxylation is 1. The zero-order valence-electron chi connectivity index (χ0n) is 8.72. The molecule has 0 fully saturated rings. The van der Waals surface area contributed by atoms with Crippen LogP contribution in [-0.2, 0) is 0 Å². The lowest BCUT2D eigenvalue weighted by Crippen LogP contribution is -2.15. The van der Waals surface area contributed by atoms with Crippen molar-refractivity contribution in [3.8, 4) is 0 Å². The average Bonchev–Trinajstić information content (AvgIpc) is 2.13. The first kappa shape index (κ1) is 11.4. The lowest BCUT2D eigenvalue weighted by atomic mass is 10.1. The Hall–Kier alpha value is -0.640. The summed E-state index contributed by atoms with van der Waals surface area (Å²) in [6.07, 6.45) is 2.14. The van der Waals surface area contributed by atoms with E-state index in [1.54, 1.807) is 0 Å². The third kappa shape index (κ3) is 2.44. The minimum absolute atomic E-state index is 0.0875. The molecule has 4 heteroatoms. The molecule has 0 bridgehead atoms. The highest BCUT2D eigenvalue weighted by atomic mass is 79.9. The number of H-pyrrole nitrogens is 1. The van der Waals surface area contributed by atoms with Gasteiger partial charge in [-0.05, 0) is 29.3 Å². The van der Waals surface area contributed by atoms with E-state index >= 15 is 0 Å². The third-order valence-electron chi connectivity index (χ3n) is 2.24. The number of hydrogen-bond donors (Lipinski definition) is 1. The number of aromatic amines is 1. The highest BCUT2D eigenvalue weighted by Gasteiger charge is 2.10. The first-order chi connectivity index (χ1) is 6.56. The fourth-order valence-electron chi connectivity index (χ4n) is 1.40. The standard InChI is InChI=1S/C10H15BrN2O/c1-4-5-6(2)9-12-7(3)8(11)10(14)13-9/h6H,4-5H2,1-3H3,(H,12,13,14). The fourth-order valence-corrected chi connectivity index (χ4v) is 1.58. The summed E-state index contributed by atoms with van der Waals surface area (Å²) in [6, 6.07) is 0. The molecule has 1 atom stereocenters. The summed E-state index contributed by atoms with van der Waals surface area (Å²) in [5, 5.41) is 0. The van der Waals surface area contributed by atoms with E-state index in [1.807, 2.05) is 6.92 Å². The summed E-state index contributed by atoms with van der Waals surface area (Å²) in [7, 11) is 0. The molecule has 14 heavy (non-hydrogen) atoms. The molecule has 1 rings (SSSR count). The maximum atomic E-state index is 11.4. The van der Waals surface area contributed by atoms with Crippen molar-refractivity contribution in [2.45, 2.75) is 39.5 Å². The molecule has 0 saturated heterocycles. The summed E-state index contributed by atoms with van der Waals surface area (Å²) in [6.45, 7) is 6.04. The Balaban J connectivity index is 3.06. The van der Waals surface area contributed by atoms with Gasteiger partial charge in [0.15, 0.2) is 0 Å². The van der Waals surface area contributed by atoms with Gasteiger partial charge < -0.3 is 4.98 Å². The highest BCUT2D eigenvalue weighted by Crippen LogP contribution is 2.17. The van der Waals surface area contributed by atoms with E-state index in [9.17, 15) is 4.79 Å². The molecule has 0 spiro atoms. The van der Waals surface area contributed by atoms with Gasteiger partial charge in [-0.25, -0.2) is 4.98 Å². The van der Waals surface area contributed by atoms with Gasteiger partial charge in [0.1, 0.15) is 10.3 Å². The summed E-state index contributed by atoms with van der Waals surface area (Å²) >= 11 is 3.20. The molecular weight excluding hydrogens is 244 g/mol. The number of halogens is 1. The van der Waals surface area contributed by atoms with Crippen molar-refractivity contribution < 1.29 is 0 Å². The van der Waals surface area contributed by atoms with Gasteiger partial charge in [0.25, 0.3) is 5.56 Å². The van der Waals surface area contributed by atoms with Gasteiger partial charge in [-0.15, -0.1) is 0 Å². The second-order valence-corrected chi connectivity index (χ2v) is 4.33. The number of rotatable bonds is 3. The molecule has 1 aromatic heterocycles. The largest absolute Gasteiger partial charge is 0.309 e. The lowest BCUT2D eigenvalue weighted by Gasteiger charge is -2.09. The van der Waals surface area contributed by atoms with Crippen LogP contribution in [0.1, 0.15) is 44.1 Å². The molecule has 0 aliphatic rings. The van der Waals surface area contributed by atoms with Gasteiger partial charge >= 0.3 is 0 Å². The van der Waals surface area contributed by atoms with Crippen LogP contribution in [0.3, 0.4) is 0 Å². The Morgan fingerprint density at radius 1 is 1.57 bits per heavy atom. The maximum absolute atomic E-state index is 11.4. The van der Waals surface area contributed by atoms with Crippen LogP contribution in [0, 0.1) is 6.92 Å². The van der Waals surface area contributed by atoms with Gasteiger partial charge in [-0.1, -0.05) is 20.3 Å². The Morgan fingerprint density at radius 3 is 2.71 bits per heavy atom. The highest BCUT2D eigenvalue weighted by molar-refractivity contribution is 9.10.